The third kappa shape index (κ3) is 4.11. The molecule has 0 bridgehead atoms. The normalized spacial score (nSPS) is 13.1. The van der Waals surface area contributed by atoms with Crippen molar-refractivity contribution in [2.24, 2.45) is 0 Å². The monoisotopic (exact) mass is 403 g/mol. The Morgan fingerprint density at radius 3 is 1.59 bits per heavy atom. The summed E-state index contributed by atoms with van der Waals surface area (Å²) in [5.41, 5.74) is -5.32. The van der Waals surface area contributed by atoms with E-state index < -0.39 is 52.4 Å². The highest BCUT2D eigenvalue weighted by atomic mass is 19.4. The number of hydrogen-bond donors (Lipinski definition) is 0. The van der Waals surface area contributed by atoms with Gasteiger partial charge in [-0.15, -0.1) is 0 Å². The second kappa shape index (κ2) is 6.31. The largest absolute Gasteiger partial charge is 0.454 e. The van der Waals surface area contributed by atoms with Crippen molar-refractivity contribution in [2.45, 2.75) is 32.4 Å². The van der Waals surface area contributed by atoms with Gasteiger partial charge in [-0.2, -0.15) is 39.5 Å². The van der Waals surface area contributed by atoms with Crippen LogP contribution >= 0.6 is 0 Å². The Bertz CT molecular complexity index is 853. The average molecular weight is 403 g/mol. The summed E-state index contributed by atoms with van der Waals surface area (Å²) in [6, 6.07) is 1.41. The minimum absolute atomic E-state index is 0.0978. The van der Waals surface area contributed by atoms with Crippen LogP contribution in [-0.2, 0) is 12.4 Å². The van der Waals surface area contributed by atoms with E-state index in [4.69, 9.17) is 0 Å². The highest BCUT2D eigenvalue weighted by Gasteiger charge is 2.41. The second-order valence-corrected chi connectivity index (χ2v) is 5.71. The predicted octanol–water partition coefficient (Wildman–Crippen LogP) is 5.88. The molecule has 0 aliphatic heterocycles. The molecule has 2 nitrogen and oxygen atoms in total. The lowest BCUT2D eigenvalue weighted by Crippen LogP contribution is -2.23. The van der Waals surface area contributed by atoms with Crippen molar-refractivity contribution in [2.75, 3.05) is 0 Å². The van der Waals surface area contributed by atoms with Crippen LogP contribution < -0.4 is 0 Å². The summed E-state index contributed by atoms with van der Waals surface area (Å²) in [7, 11) is 0. The molecular weight excluding hydrogens is 393 g/mol. The number of aromatic nitrogens is 1. The zero-order valence-corrected chi connectivity index (χ0v) is 13.6. The van der Waals surface area contributed by atoms with Crippen LogP contribution in [0.5, 0.6) is 0 Å². The van der Waals surface area contributed by atoms with Crippen LogP contribution in [0, 0.1) is 13.8 Å². The molecule has 0 atom stereocenters. The second-order valence-electron chi connectivity index (χ2n) is 5.71. The van der Waals surface area contributed by atoms with E-state index in [2.05, 4.69) is 0 Å². The SMILES string of the molecule is Cc1cc(C(=O)C(F)(F)F)c(C)n1-c1cc(C(F)(F)F)cc(C(F)(F)F)c1. The fourth-order valence-electron chi connectivity index (χ4n) is 2.61. The number of Topliss-reactive ketones (excluding diaryl/α,β-unsaturated/α-hetero) is 1. The van der Waals surface area contributed by atoms with Crippen molar-refractivity contribution >= 4 is 5.78 Å². The minimum atomic E-state index is -5.24. The Labute approximate surface area is 146 Å². The zero-order valence-electron chi connectivity index (χ0n) is 13.6. The van der Waals surface area contributed by atoms with Gasteiger partial charge in [-0.1, -0.05) is 0 Å². The van der Waals surface area contributed by atoms with Crippen LogP contribution in [0.3, 0.4) is 0 Å². The first kappa shape index (κ1) is 20.8. The third-order valence-electron chi connectivity index (χ3n) is 3.76. The van der Waals surface area contributed by atoms with E-state index >= 15 is 0 Å². The number of alkyl halides is 9. The molecule has 0 unspecified atom stereocenters. The smallest absolute Gasteiger partial charge is 0.318 e. The number of nitrogens with zero attached hydrogens (tertiary/aromatic N) is 1. The van der Waals surface area contributed by atoms with Gasteiger partial charge in [-0.05, 0) is 38.1 Å². The number of halogens is 9. The molecule has 148 valence electrons. The van der Waals surface area contributed by atoms with Gasteiger partial charge >= 0.3 is 18.5 Å². The third-order valence-corrected chi connectivity index (χ3v) is 3.76. The molecule has 0 N–H and O–H groups in total. The number of benzene rings is 1. The van der Waals surface area contributed by atoms with Crippen LogP contribution in [0.25, 0.3) is 5.69 Å². The lowest BCUT2D eigenvalue weighted by Gasteiger charge is -2.17. The maximum atomic E-state index is 13.0. The molecule has 0 saturated carbocycles. The Morgan fingerprint density at radius 2 is 1.22 bits per heavy atom. The van der Waals surface area contributed by atoms with Crippen molar-refractivity contribution in [3.63, 3.8) is 0 Å². The molecule has 11 heteroatoms. The number of aryl methyl sites for hydroxylation is 1. The highest BCUT2D eigenvalue weighted by Crippen LogP contribution is 2.38. The standard InChI is InChI=1S/C16H10F9NO/c1-7-3-12(13(27)16(23,24)25)8(2)26(7)11-5-9(14(17,18)19)4-10(6-11)15(20,21)22/h3-6H,1-2H3. The maximum absolute atomic E-state index is 13.0. The molecule has 0 saturated heterocycles. The Kier molecular flexibility index (Phi) is 4.87. The summed E-state index contributed by atoms with van der Waals surface area (Å²) < 4.78 is 116. The highest BCUT2D eigenvalue weighted by molar-refractivity contribution is 6.01. The van der Waals surface area contributed by atoms with E-state index in [9.17, 15) is 44.3 Å². The Hall–Kier alpha value is -2.46. The first-order valence-corrected chi connectivity index (χ1v) is 7.14. The number of hydrogen-bond acceptors (Lipinski definition) is 1. The van der Waals surface area contributed by atoms with Crippen LogP contribution in [0.15, 0.2) is 24.3 Å². The summed E-state index contributed by atoms with van der Waals surface area (Å²) in [6.07, 6.45) is -15.5. The van der Waals surface area contributed by atoms with Crippen LogP contribution in [0.4, 0.5) is 39.5 Å². The lowest BCUT2D eigenvalue weighted by atomic mass is 10.1. The summed E-state index contributed by atoms with van der Waals surface area (Å²) in [5, 5.41) is 0. The van der Waals surface area contributed by atoms with Gasteiger partial charge in [0.05, 0.1) is 11.1 Å². The molecule has 0 aliphatic carbocycles. The van der Waals surface area contributed by atoms with E-state index in [-0.39, 0.29) is 11.8 Å². The lowest BCUT2D eigenvalue weighted by molar-refractivity contribution is -0.143. The van der Waals surface area contributed by atoms with Crippen molar-refractivity contribution in [1.29, 1.82) is 0 Å². The van der Waals surface area contributed by atoms with E-state index in [1.54, 1.807) is 0 Å². The maximum Gasteiger partial charge on any atom is 0.454 e. The van der Waals surface area contributed by atoms with E-state index in [1.807, 2.05) is 0 Å². The minimum Gasteiger partial charge on any atom is -0.318 e. The van der Waals surface area contributed by atoms with Crippen molar-refractivity contribution in [1.82, 2.24) is 4.57 Å². The van der Waals surface area contributed by atoms with Crippen LogP contribution in [-0.4, -0.2) is 16.5 Å². The van der Waals surface area contributed by atoms with E-state index in [0.29, 0.717) is 12.1 Å². The molecular formula is C16H10F9NO. The van der Waals surface area contributed by atoms with Gasteiger partial charge < -0.3 is 4.57 Å². The first-order valence-electron chi connectivity index (χ1n) is 7.14. The molecule has 2 aromatic rings. The molecule has 0 radical (unpaired) electrons. The number of carbonyl (C=O) groups is 1. The summed E-state index contributed by atoms with van der Waals surface area (Å²) >= 11 is 0. The molecule has 0 aliphatic rings. The van der Waals surface area contributed by atoms with Gasteiger partial charge in [0.15, 0.2) is 0 Å². The fraction of sp³-hybridized carbons (Fsp3) is 0.312. The molecule has 1 heterocycles. The van der Waals surface area contributed by atoms with Gasteiger partial charge in [0.1, 0.15) is 0 Å². The number of ketones is 1. The van der Waals surface area contributed by atoms with E-state index in [1.165, 1.54) is 0 Å². The topological polar surface area (TPSA) is 22.0 Å². The fourth-order valence-corrected chi connectivity index (χ4v) is 2.61. The van der Waals surface area contributed by atoms with E-state index in [0.717, 1.165) is 24.5 Å². The molecule has 0 fully saturated rings. The van der Waals surface area contributed by atoms with Crippen LogP contribution in [0.2, 0.25) is 0 Å². The molecule has 0 amide bonds. The molecule has 27 heavy (non-hydrogen) atoms. The predicted molar refractivity (Wildman–Crippen MR) is 75.6 cm³/mol. The molecule has 1 aromatic carbocycles. The Morgan fingerprint density at radius 1 is 0.778 bits per heavy atom. The summed E-state index contributed by atoms with van der Waals surface area (Å²) in [6.45, 7) is 2.16. The summed E-state index contributed by atoms with van der Waals surface area (Å²) in [5.74, 6) is -2.25. The zero-order chi connectivity index (χ0) is 20.9. The number of rotatable bonds is 2. The number of carbonyl (C=O) groups excluding carboxylic acids is 1. The molecule has 0 spiro atoms. The molecule has 1 aromatic heterocycles. The first-order chi connectivity index (χ1) is 12.0. The van der Waals surface area contributed by atoms with Crippen molar-refractivity contribution in [3.8, 4) is 5.69 Å². The van der Waals surface area contributed by atoms with Gasteiger partial charge in [0.2, 0.25) is 0 Å². The quantitative estimate of drug-likeness (QED) is 0.454. The average Bonchev–Trinajstić information content (AvgIpc) is 2.78. The Balaban J connectivity index is 2.76. The van der Waals surface area contributed by atoms with Gasteiger partial charge in [-0.25, -0.2) is 0 Å². The van der Waals surface area contributed by atoms with Crippen molar-refractivity contribution in [3.05, 3.63) is 52.3 Å². The van der Waals surface area contributed by atoms with Crippen LogP contribution in [0.1, 0.15) is 32.9 Å². The summed E-state index contributed by atoms with van der Waals surface area (Å²) in [4.78, 5) is 11.4. The van der Waals surface area contributed by atoms with Gasteiger partial charge in [-0.3, -0.25) is 4.79 Å². The van der Waals surface area contributed by atoms with Crippen molar-refractivity contribution < 1.29 is 44.3 Å². The molecule has 2 rings (SSSR count). The van der Waals surface area contributed by atoms with Gasteiger partial charge in [0, 0.05) is 22.6 Å². The van der Waals surface area contributed by atoms with Gasteiger partial charge in [0.25, 0.3) is 5.78 Å².